The Labute approximate surface area is 98.4 Å². The third-order valence-corrected chi connectivity index (χ3v) is 3.97. The van der Waals surface area contributed by atoms with Gasteiger partial charge in [0, 0.05) is 12.0 Å². The molecule has 1 aliphatic rings. The van der Waals surface area contributed by atoms with Gasteiger partial charge in [0.05, 0.1) is 16.7 Å². The molecule has 1 aromatic rings. The molecule has 1 aliphatic carbocycles. The Balaban J connectivity index is 2.33. The molecule has 1 unspecified atom stereocenters. The third kappa shape index (κ3) is 1.76. The maximum absolute atomic E-state index is 9.38. The summed E-state index contributed by atoms with van der Waals surface area (Å²) in [7, 11) is 0. The first-order valence-electron chi connectivity index (χ1n) is 4.81. The Morgan fingerprint density at radius 2 is 2.00 bits per heavy atom. The van der Waals surface area contributed by atoms with Crippen LogP contribution in [0.3, 0.4) is 0 Å². The number of halogens is 2. The monoisotopic (exact) mass is 246 g/mol. The van der Waals surface area contributed by atoms with E-state index in [0.29, 0.717) is 10.0 Å². The van der Waals surface area contributed by atoms with E-state index in [1.165, 1.54) is 0 Å². The van der Waals surface area contributed by atoms with Gasteiger partial charge in [-0.2, -0.15) is 0 Å². The van der Waals surface area contributed by atoms with Crippen molar-refractivity contribution in [2.24, 2.45) is 5.92 Å². The molecule has 2 nitrogen and oxygen atoms in total. The first-order chi connectivity index (χ1) is 7.14. The molecule has 15 heavy (non-hydrogen) atoms. The normalized spacial score (nSPS) is 29.2. The molecule has 2 N–H and O–H groups in total. The van der Waals surface area contributed by atoms with Crippen LogP contribution in [0.15, 0.2) is 18.2 Å². The Bertz CT molecular complexity index is 381. The minimum absolute atomic E-state index is 0.0379. The van der Waals surface area contributed by atoms with Gasteiger partial charge in [0.25, 0.3) is 0 Å². The standard InChI is InChI=1S/C11H12Cl2O2/c12-9-2-1-7(3-10(9)13)11(6-15)4-8(11)5-14/h1-3,8,14-15H,4-6H2/t8?,11-/m0/s1. The number of hydrogen-bond acceptors (Lipinski definition) is 2. The topological polar surface area (TPSA) is 40.5 Å². The van der Waals surface area contributed by atoms with Gasteiger partial charge in [-0.25, -0.2) is 0 Å². The molecule has 2 atom stereocenters. The fourth-order valence-corrected chi connectivity index (χ4v) is 2.36. The van der Waals surface area contributed by atoms with Gasteiger partial charge >= 0.3 is 0 Å². The van der Waals surface area contributed by atoms with Crippen molar-refractivity contribution in [1.29, 1.82) is 0 Å². The van der Waals surface area contributed by atoms with Gasteiger partial charge in [0.1, 0.15) is 0 Å². The molecule has 2 rings (SSSR count). The maximum atomic E-state index is 9.38. The molecule has 1 aromatic carbocycles. The quantitative estimate of drug-likeness (QED) is 0.859. The van der Waals surface area contributed by atoms with E-state index in [0.717, 1.165) is 12.0 Å². The van der Waals surface area contributed by atoms with Gasteiger partial charge in [-0.15, -0.1) is 0 Å². The summed E-state index contributed by atoms with van der Waals surface area (Å²) in [6, 6.07) is 5.36. The second kappa shape index (κ2) is 3.95. The van der Waals surface area contributed by atoms with Gasteiger partial charge in [0.2, 0.25) is 0 Å². The molecule has 4 heteroatoms. The van der Waals surface area contributed by atoms with Gasteiger partial charge in [-0.1, -0.05) is 29.3 Å². The molecule has 0 heterocycles. The van der Waals surface area contributed by atoms with E-state index in [9.17, 15) is 5.11 Å². The lowest BCUT2D eigenvalue weighted by atomic mass is 9.94. The second-order valence-corrected chi connectivity index (χ2v) is 4.84. The molecule has 0 saturated heterocycles. The number of aliphatic hydroxyl groups is 2. The van der Waals surface area contributed by atoms with E-state index < -0.39 is 0 Å². The fraction of sp³-hybridized carbons (Fsp3) is 0.455. The SMILES string of the molecule is OCC1C[C@]1(CO)c1ccc(Cl)c(Cl)c1. The summed E-state index contributed by atoms with van der Waals surface area (Å²) < 4.78 is 0. The highest BCUT2D eigenvalue weighted by molar-refractivity contribution is 6.42. The van der Waals surface area contributed by atoms with Crippen molar-refractivity contribution < 1.29 is 10.2 Å². The van der Waals surface area contributed by atoms with Crippen LogP contribution in [-0.2, 0) is 5.41 Å². The molecule has 0 aromatic heterocycles. The third-order valence-electron chi connectivity index (χ3n) is 3.23. The molecule has 0 bridgehead atoms. The molecule has 0 radical (unpaired) electrons. The Morgan fingerprint density at radius 3 is 2.47 bits per heavy atom. The zero-order valence-corrected chi connectivity index (χ0v) is 9.59. The molecule has 0 amide bonds. The van der Waals surface area contributed by atoms with Crippen molar-refractivity contribution in [2.75, 3.05) is 13.2 Å². The van der Waals surface area contributed by atoms with Crippen LogP contribution in [0.25, 0.3) is 0 Å². The molecular weight excluding hydrogens is 235 g/mol. The predicted octanol–water partition coefficient (Wildman–Crippen LogP) is 2.24. The van der Waals surface area contributed by atoms with Crippen LogP contribution in [0.5, 0.6) is 0 Å². The first-order valence-corrected chi connectivity index (χ1v) is 5.57. The zero-order valence-electron chi connectivity index (χ0n) is 8.08. The summed E-state index contributed by atoms with van der Waals surface area (Å²) in [6.45, 7) is 0.136. The predicted molar refractivity (Wildman–Crippen MR) is 60.4 cm³/mol. The highest BCUT2D eigenvalue weighted by atomic mass is 35.5. The van der Waals surface area contributed by atoms with Crippen molar-refractivity contribution in [3.63, 3.8) is 0 Å². The summed E-state index contributed by atoms with van der Waals surface area (Å²) >= 11 is 11.7. The summed E-state index contributed by atoms with van der Waals surface area (Å²) in [4.78, 5) is 0. The maximum Gasteiger partial charge on any atom is 0.0595 e. The van der Waals surface area contributed by atoms with Crippen molar-refractivity contribution in [2.45, 2.75) is 11.8 Å². The van der Waals surface area contributed by atoms with Gasteiger partial charge < -0.3 is 10.2 Å². The minimum atomic E-state index is -0.303. The lowest BCUT2D eigenvalue weighted by molar-refractivity contribution is 0.213. The second-order valence-electron chi connectivity index (χ2n) is 4.03. The molecule has 1 saturated carbocycles. The average molecular weight is 247 g/mol. The highest BCUT2D eigenvalue weighted by Gasteiger charge is 2.54. The van der Waals surface area contributed by atoms with Crippen LogP contribution in [0, 0.1) is 5.92 Å². The van der Waals surface area contributed by atoms with Crippen LogP contribution < -0.4 is 0 Å². The fourth-order valence-electron chi connectivity index (χ4n) is 2.06. The van der Waals surface area contributed by atoms with Crippen molar-refractivity contribution in [1.82, 2.24) is 0 Å². The van der Waals surface area contributed by atoms with E-state index in [4.69, 9.17) is 28.3 Å². The van der Waals surface area contributed by atoms with Crippen LogP contribution in [0.1, 0.15) is 12.0 Å². The number of benzene rings is 1. The molecule has 0 spiro atoms. The highest BCUT2D eigenvalue weighted by Crippen LogP contribution is 2.54. The molecular formula is C11H12Cl2O2. The Morgan fingerprint density at radius 1 is 1.27 bits per heavy atom. The zero-order chi connectivity index (χ0) is 11.1. The van der Waals surface area contributed by atoms with Gasteiger partial charge in [-0.05, 0) is 30.0 Å². The van der Waals surface area contributed by atoms with Crippen molar-refractivity contribution in [3.8, 4) is 0 Å². The molecule has 82 valence electrons. The first kappa shape index (κ1) is 11.2. The molecule has 0 aliphatic heterocycles. The van der Waals surface area contributed by atoms with Crippen LogP contribution in [-0.4, -0.2) is 23.4 Å². The van der Waals surface area contributed by atoms with E-state index in [1.807, 2.05) is 6.07 Å². The van der Waals surface area contributed by atoms with E-state index >= 15 is 0 Å². The molecule has 1 fully saturated rings. The lowest BCUT2D eigenvalue weighted by Gasteiger charge is -2.15. The average Bonchev–Trinajstić information content (AvgIpc) is 2.97. The van der Waals surface area contributed by atoms with E-state index in [2.05, 4.69) is 0 Å². The lowest BCUT2D eigenvalue weighted by Crippen LogP contribution is -2.17. The van der Waals surface area contributed by atoms with Gasteiger partial charge in [0.15, 0.2) is 0 Å². The Hall–Kier alpha value is -0.280. The number of rotatable bonds is 3. The number of hydrogen-bond donors (Lipinski definition) is 2. The summed E-state index contributed by atoms with van der Waals surface area (Å²) in [6.07, 6.45) is 0.804. The minimum Gasteiger partial charge on any atom is -0.396 e. The van der Waals surface area contributed by atoms with Crippen molar-refractivity contribution in [3.05, 3.63) is 33.8 Å². The van der Waals surface area contributed by atoms with E-state index in [-0.39, 0.29) is 24.5 Å². The largest absolute Gasteiger partial charge is 0.396 e. The number of aliphatic hydroxyl groups excluding tert-OH is 2. The Kier molecular flexibility index (Phi) is 2.95. The smallest absolute Gasteiger partial charge is 0.0595 e. The summed E-state index contributed by atoms with van der Waals surface area (Å²) in [5, 5.41) is 19.5. The van der Waals surface area contributed by atoms with Crippen LogP contribution in [0.2, 0.25) is 10.0 Å². The van der Waals surface area contributed by atoms with Crippen molar-refractivity contribution >= 4 is 23.2 Å². The van der Waals surface area contributed by atoms with Crippen LogP contribution >= 0.6 is 23.2 Å². The van der Waals surface area contributed by atoms with Crippen LogP contribution in [0.4, 0.5) is 0 Å². The van der Waals surface area contributed by atoms with Gasteiger partial charge in [-0.3, -0.25) is 0 Å². The van der Waals surface area contributed by atoms with E-state index in [1.54, 1.807) is 12.1 Å². The summed E-state index contributed by atoms with van der Waals surface area (Å²) in [5.74, 6) is 0.139. The summed E-state index contributed by atoms with van der Waals surface area (Å²) in [5.41, 5.74) is 0.654.